The number of hydrogen-bond acceptors (Lipinski definition) is 3. The highest BCUT2D eigenvalue weighted by Crippen LogP contribution is 2.31. The van der Waals surface area contributed by atoms with Crippen molar-refractivity contribution in [3.05, 3.63) is 29.5 Å². The first-order chi connectivity index (χ1) is 7.69. The summed E-state index contributed by atoms with van der Waals surface area (Å²) in [6.07, 6.45) is 1.07. The van der Waals surface area contributed by atoms with Crippen LogP contribution in [0.25, 0.3) is 10.9 Å². The number of carbonyl (C=O) groups excluding carboxylic acids is 1. The van der Waals surface area contributed by atoms with Crippen LogP contribution in [0.5, 0.6) is 5.75 Å². The Hall–Kier alpha value is -1.81. The molecule has 0 saturated carbocycles. The van der Waals surface area contributed by atoms with Gasteiger partial charge < -0.3 is 19.6 Å². The number of aliphatic hydroxyl groups excluding tert-OH is 1. The highest BCUT2D eigenvalue weighted by Gasteiger charge is 2.15. The van der Waals surface area contributed by atoms with Crippen molar-refractivity contribution in [3.8, 4) is 5.75 Å². The monoisotopic (exact) mass is 219 g/mol. The number of rotatable bonds is 3. The first kappa shape index (κ1) is 10.7. The molecule has 84 valence electrons. The summed E-state index contributed by atoms with van der Waals surface area (Å²) in [6, 6.07) is 3.72. The molecule has 1 atom stereocenters. The van der Waals surface area contributed by atoms with Gasteiger partial charge in [-0.3, -0.25) is 0 Å². The smallest absolute Gasteiger partial charge is 0.153 e. The molecule has 0 fully saturated rings. The molecule has 16 heavy (non-hydrogen) atoms. The van der Waals surface area contributed by atoms with Crippen LogP contribution in [0.2, 0.25) is 0 Å². The fourth-order valence-corrected chi connectivity index (χ4v) is 1.94. The van der Waals surface area contributed by atoms with Gasteiger partial charge in [-0.1, -0.05) is 0 Å². The summed E-state index contributed by atoms with van der Waals surface area (Å²) in [4.78, 5) is 13.6. The molecule has 0 radical (unpaired) electrons. The molecule has 1 unspecified atom stereocenters. The molecular formula is C12H13NO3. The summed E-state index contributed by atoms with van der Waals surface area (Å²) in [7, 11) is 1.59. The number of fused-ring (bicyclic) bond motifs is 1. The zero-order valence-corrected chi connectivity index (χ0v) is 9.15. The lowest BCUT2D eigenvalue weighted by molar-refractivity contribution is -0.115. The van der Waals surface area contributed by atoms with E-state index in [0.29, 0.717) is 11.8 Å². The number of aliphatic hydroxyl groups is 1. The summed E-state index contributed by atoms with van der Waals surface area (Å²) in [5.74, 6) is 0.742. The number of carbonyl (C=O) groups is 1. The van der Waals surface area contributed by atoms with Crippen LogP contribution in [0.3, 0.4) is 0 Å². The van der Waals surface area contributed by atoms with E-state index in [-0.39, 0.29) is 0 Å². The molecule has 1 aromatic carbocycles. The lowest BCUT2D eigenvalue weighted by Crippen LogP contribution is -1.98. The van der Waals surface area contributed by atoms with Crippen LogP contribution >= 0.6 is 0 Å². The summed E-state index contributed by atoms with van der Waals surface area (Å²) in [6.45, 7) is 1.90. The first-order valence-electron chi connectivity index (χ1n) is 4.97. The van der Waals surface area contributed by atoms with E-state index in [0.717, 1.165) is 22.2 Å². The van der Waals surface area contributed by atoms with Crippen molar-refractivity contribution in [2.24, 2.45) is 0 Å². The Bertz CT molecular complexity index is 530. The lowest BCUT2D eigenvalue weighted by Gasteiger charge is -2.08. The normalized spacial score (nSPS) is 12.7. The zero-order valence-electron chi connectivity index (χ0n) is 9.15. The van der Waals surface area contributed by atoms with Gasteiger partial charge in [0.15, 0.2) is 6.29 Å². The molecule has 0 aliphatic rings. The molecule has 4 heteroatoms. The number of nitrogens with one attached hydrogen (secondary N) is 1. The van der Waals surface area contributed by atoms with Gasteiger partial charge in [-0.15, -0.1) is 0 Å². The Morgan fingerprint density at radius 2 is 2.25 bits per heavy atom. The molecule has 2 rings (SSSR count). The van der Waals surface area contributed by atoms with Crippen molar-refractivity contribution in [2.45, 2.75) is 13.0 Å². The number of aromatic amines is 1. The van der Waals surface area contributed by atoms with Crippen molar-refractivity contribution in [1.29, 1.82) is 0 Å². The number of aromatic nitrogens is 1. The minimum atomic E-state index is -1.10. The number of ether oxygens (including phenoxy) is 1. The maximum absolute atomic E-state index is 10.6. The average molecular weight is 219 g/mol. The van der Waals surface area contributed by atoms with Crippen molar-refractivity contribution < 1.29 is 14.6 Å². The van der Waals surface area contributed by atoms with Crippen molar-refractivity contribution in [3.63, 3.8) is 0 Å². The van der Waals surface area contributed by atoms with E-state index in [1.807, 2.05) is 19.1 Å². The van der Waals surface area contributed by atoms with E-state index in [9.17, 15) is 9.90 Å². The van der Waals surface area contributed by atoms with Crippen molar-refractivity contribution >= 4 is 17.2 Å². The van der Waals surface area contributed by atoms with Crippen LogP contribution in [-0.4, -0.2) is 23.5 Å². The van der Waals surface area contributed by atoms with Gasteiger partial charge in [-0.05, 0) is 19.1 Å². The highest BCUT2D eigenvalue weighted by molar-refractivity contribution is 5.90. The summed E-state index contributed by atoms with van der Waals surface area (Å²) < 4.78 is 5.21. The predicted octanol–water partition coefficient (Wildman–Crippen LogP) is 1.72. The van der Waals surface area contributed by atoms with Crippen LogP contribution < -0.4 is 4.74 Å². The Labute approximate surface area is 92.9 Å². The Morgan fingerprint density at radius 3 is 2.88 bits per heavy atom. The van der Waals surface area contributed by atoms with Gasteiger partial charge in [0.25, 0.3) is 0 Å². The van der Waals surface area contributed by atoms with Gasteiger partial charge in [-0.2, -0.15) is 0 Å². The Morgan fingerprint density at radius 1 is 1.50 bits per heavy atom. The van der Waals surface area contributed by atoms with E-state index in [4.69, 9.17) is 4.74 Å². The number of hydrogen-bond donors (Lipinski definition) is 2. The predicted molar refractivity (Wildman–Crippen MR) is 60.6 cm³/mol. The fourth-order valence-electron chi connectivity index (χ4n) is 1.94. The van der Waals surface area contributed by atoms with Crippen molar-refractivity contribution in [1.82, 2.24) is 4.98 Å². The molecule has 1 heterocycles. The molecule has 2 aromatic rings. The van der Waals surface area contributed by atoms with Crippen LogP contribution in [0.1, 0.15) is 17.2 Å². The van der Waals surface area contributed by atoms with E-state index in [2.05, 4.69) is 4.98 Å². The van der Waals surface area contributed by atoms with Crippen LogP contribution in [0, 0.1) is 6.92 Å². The number of aldehydes is 1. The lowest BCUT2D eigenvalue weighted by atomic mass is 10.0. The third kappa shape index (κ3) is 1.47. The van der Waals surface area contributed by atoms with Crippen LogP contribution in [0.15, 0.2) is 18.3 Å². The van der Waals surface area contributed by atoms with E-state index in [1.165, 1.54) is 0 Å². The maximum atomic E-state index is 10.6. The number of H-pyrrole nitrogens is 1. The Balaban J connectivity index is 2.73. The van der Waals surface area contributed by atoms with E-state index < -0.39 is 6.10 Å². The molecule has 0 saturated heterocycles. The fraction of sp³-hybridized carbons (Fsp3) is 0.250. The number of benzene rings is 1. The van der Waals surface area contributed by atoms with Crippen LogP contribution in [-0.2, 0) is 4.79 Å². The molecule has 2 N–H and O–H groups in total. The Kier molecular flexibility index (Phi) is 2.66. The van der Waals surface area contributed by atoms with Gasteiger partial charge in [0.05, 0.1) is 7.11 Å². The second-order valence-corrected chi connectivity index (χ2v) is 3.64. The number of methoxy groups -OCH3 is 1. The van der Waals surface area contributed by atoms with Gasteiger partial charge in [0, 0.05) is 28.2 Å². The minimum absolute atomic E-state index is 0.515. The van der Waals surface area contributed by atoms with E-state index in [1.54, 1.807) is 13.3 Å². The molecule has 1 aromatic heterocycles. The summed E-state index contributed by atoms with van der Waals surface area (Å²) in [5.41, 5.74) is 2.38. The second-order valence-electron chi connectivity index (χ2n) is 3.64. The third-order valence-corrected chi connectivity index (χ3v) is 2.75. The highest BCUT2D eigenvalue weighted by atomic mass is 16.5. The molecular weight excluding hydrogens is 206 g/mol. The molecule has 0 aliphatic heterocycles. The summed E-state index contributed by atoms with van der Waals surface area (Å²) in [5, 5.41) is 10.4. The van der Waals surface area contributed by atoms with E-state index >= 15 is 0 Å². The average Bonchev–Trinajstić information content (AvgIpc) is 2.73. The summed E-state index contributed by atoms with van der Waals surface area (Å²) >= 11 is 0. The standard InChI is InChI=1S/C12H13NO3/c1-7-11(16-2)4-3-9-12(7)8(5-13-9)10(15)6-14/h3-6,10,13,15H,1-2H3. The molecule has 0 amide bonds. The molecule has 0 aliphatic carbocycles. The number of aryl methyl sites for hydroxylation is 1. The third-order valence-electron chi connectivity index (χ3n) is 2.75. The van der Waals surface area contributed by atoms with Gasteiger partial charge in [0.2, 0.25) is 0 Å². The van der Waals surface area contributed by atoms with Gasteiger partial charge in [-0.25, -0.2) is 0 Å². The van der Waals surface area contributed by atoms with Crippen LogP contribution in [0.4, 0.5) is 0 Å². The molecule has 4 nitrogen and oxygen atoms in total. The topological polar surface area (TPSA) is 62.3 Å². The van der Waals surface area contributed by atoms with Crippen molar-refractivity contribution in [2.75, 3.05) is 7.11 Å². The zero-order chi connectivity index (χ0) is 11.7. The van der Waals surface area contributed by atoms with Gasteiger partial charge in [0.1, 0.15) is 11.9 Å². The second kappa shape index (κ2) is 3.98. The largest absolute Gasteiger partial charge is 0.496 e. The SMILES string of the molecule is COc1ccc2[nH]cc(C(O)C=O)c2c1C. The minimum Gasteiger partial charge on any atom is -0.496 e. The first-order valence-corrected chi connectivity index (χ1v) is 4.97. The van der Waals surface area contributed by atoms with Gasteiger partial charge >= 0.3 is 0 Å². The molecule has 0 bridgehead atoms. The quantitative estimate of drug-likeness (QED) is 0.772. The maximum Gasteiger partial charge on any atom is 0.153 e. The molecule has 0 spiro atoms.